The monoisotopic (exact) mass is 336 g/mol. The minimum absolute atomic E-state index is 0.181. The van der Waals surface area contributed by atoms with Gasteiger partial charge in [-0.05, 0) is 38.7 Å². The van der Waals surface area contributed by atoms with Crippen molar-refractivity contribution < 1.29 is 22.8 Å². The van der Waals surface area contributed by atoms with E-state index in [2.05, 4.69) is 32.8 Å². The molecule has 0 aliphatic carbocycles. The van der Waals surface area contributed by atoms with Crippen LogP contribution in [0.25, 0.3) is 0 Å². The standard InChI is InChI=1S/C12H28O5Si3/c1-6-11(13)14-8-7-9-18-15-10-12(16-19(2)3)17-20(4)5/h6,12,19-20H,1,7-10,18H2,2-5H3. The van der Waals surface area contributed by atoms with E-state index < -0.39 is 27.8 Å². The molecule has 0 bridgehead atoms. The van der Waals surface area contributed by atoms with Crippen molar-refractivity contribution in [2.24, 2.45) is 0 Å². The molecule has 20 heavy (non-hydrogen) atoms. The summed E-state index contributed by atoms with van der Waals surface area (Å²) < 4.78 is 22.2. The maximum absolute atomic E-state index is 10.8. The van der Waals surface area contributed by atoms with E-state index in [-0.39, 0.29) is 12.3 Å². The Bertz CT molecular complexity index is 264. The third-order valence-electron chi connectivity index (χ3n) is 2.20. The summed E-state index contributed by atoms with van der Waals surface area (Å²) in [6.45, 7) is 12.8. The van der Waals surface area contributed by atoms with Gasteiger partial charge in [-0.2, -0.15) is 0 Å². The number of hydrogen-bond acceptors (Lipinski definition) is 5. The van der Waals surface area contributed by atoms with Gasteiger partial charge in [0.05, 0.1) is 13.2 Å². The molecule has 5 nitrogen and oxygen atoms in total. The molecule has 0 aromatic rings. The lowest BCUT2D eigenvalue weighted by Gasteiger charge is -2.23. The second-order valence-corrected chi connectivity index (χ2v) is 11.2. The third-order valence-corrected chi connectivity index (χ3v) is 5.20. The van der Waals surface area contributed by atoms with E-state index in [0.29, 0.717) is 13.2 Å². The smallest absolute Gasteiger partial charge is 0.330 e. The molecule has 0 aliphatic rings. The van der Waals surface area contributed by atoms with Gasteiger partial charge in [0.15, 0.2) is 34.1 Å². The highest BCUT2D eigenvalue weighted by atomic mass is 28.3. The van der Waals surface area contributed by atoms with Crippen LogP contribution in [0.2, 0.25) is 32.2 Å². The van der Waals surface area contributed by atoms with Gasteiger partial charge in [0.2, 0.25) is 0 Å². The fourth-order valence-electron chi connectivity index (χ4n) is 1.44. The van der Waals surface area contributed by atoms with Gasteiger partial charge in [-0.3, -0.25) is 0 Å². The molecule has 0 saturated heterocycles. The van der Waals surface area contributed by atoms with Gasteiger partial charge in [-0.1, -0.05) is 6.58 Å². The molecule has 0 fully saturated rings. The van der Waals surface area contributed by atoms with Gasteiger partial charge >= 0.3 is 5.97 Å². The Morgan fingerprint density at radius 2 is 1.85 bits per heavy atom. The molecule has 118 valence electrons. The molecule has 0 spiro atoms. The third kappa shape index (κ3) is 12.8. The molecule has 0 heterocycles. The molecule has 0 amide bonds. The molecule has 0 rings (SSSR count). The Labute approximate surface area is 128 Å². The minimum atomic E-state index is -1.11. The first kappa shape index (κ1) is 19.7. The largest absolute Gasteiger partial charge is 0.463 e. The maximum atomic E-state index is 10.8. The molecule has 0 unspecified atom stereocenters. The first-order valence-electron chi connectivity index (χ1n) is 7.13. The van der Waals surface area contributed by atoms with Gasteiger partial charge in [-0.25, -0.2) is 4.79 Å². The van der Waals surface area contributed by atoms with Crippen LogP contribution >= 0.6 is 0 Å². The second kappa shape index (κ2) is 12.5. The molecular weight excluding hydrogens is 308 g/mol. The fourth-order valence-corrected chi connectivity index (χ4v) is 4.03. The topological polar surface area (TPSA) is 54.0 Å². The van der Waals surface area contributed by atoms with Crippen LogP contribution in [0.4, 0.5) is 0 Å². The number of hydrogen-bond donors (Lipinski definition) is 0. The summed E-state index contributed by atoms with van der Waals surface area (Å²) in [6.07, 6.45) is 1.84. The zero-order chi connectivity index (χ0) is 15.4. The number of ether oxygens (including phenoxy) is 1. The van der Waals surface area contributed by atoms with Crippen molar-refractivity contribution in [3.63, 3.8) is 0 Å². The SMILES string of the molecule is C=CC(=O)OCCC[SiH2]OCC(O[SiH](C)C)O[SiH](C)C. The predicted octanol–water partition coefficient (Wildman–Crippen LogP) is 0.950. The van der Waals surface area contributed by atoms with Crippen molar-refractivity contribution in [3.05, 3.63) is 12.7 Å². The molecule has 0 radical (unpaired) electrons. The summed E-state index contributed by atoms with van der Waals surface area (Å²) in [7, 11) is -2.81. The van der Waals surface area contributed by atoms with Crippen LogP contribution in [-0.4, -0.2) is 53.3 Å². The van der Waals surface area contributed by atoms with Crippen LogP contribution in [0.3, 0.4) is 0 Å². The highest BCUT2D eigenvalue weighted by Gasteiger charge is 2.13. The molecule has 0 atom stereocenters. The van der Waals surface area contributed by atoms with Crippen LogP contribution in [0.1, 0.15) is 6.42 Å². The van der Waals surface area contributed by atoms with Crippen LogP contribution in [0.15, 0.2) is 12.7 Å². The van der Waals surface area contributed by atoms with Gasteiger partial charge < -0.3 is 18.0 Å². The van der Waals surface area contributed by atoms with E-state index in [9.17, 15) is 4.79 Å². The number of esters is 1. The molecule has 0 aromatic heterocycles. The van der Waals surface area contributed by atoms with Crippen LogP contribution in [0.5, 0.6) is 0 Å². The number of carbonyl (C=O) groups excluding carboxylic acids is 1. The van der Waals surface area contributed by atoms with Crippen molar-refractivity contribution in [2.45, 2.75) is 44.9 Å². The highest BCUT2D eigenvalue weighted by molar-refractivity contribution is 6.49. The van der Waals surface area contributed by atoms with E-state index in [1.807, 2.05) is 0 Å². The molecule has 0 saturated carbocycles. The van der Waals surface area contributed by atoms with Crippen molar-refractivity contribution in [2.75, 3.05) is 13.2 Å². The molecular formula is C12H28O5Si3. The minimum Gasteiger partial charge on any atom is -0.463 e. The average molecular weight is 337 g/mol. The average Bonchev–Trinajstić information content (AvgIpc) is 2.35. The summed E-state index contributed by atoms with van der Waals surface area (Å²) in [5.41, 5.74) is 0. The zero-order valence-electron chi connectivity index (χ0n) is 13.1. The fraction of sp³-hybridized carbons (Fsp3) is 0.750. The first-order valence-corrected chi connectivity index (χ1v) is 14.3. The highest BCUT2D eigenvalue weighted by Crippen LogP contribution is 2.02. The van der Waals surface area contributed by atoms with Gasteiger partial charge in [0, 0.05) is 6.08 Å². The summed E-state index contributed by atoms with van der Waals surface area (Å²) in [6, 6.07) is 0.982. The Morgan fingerprint density at radius 3 is 2.35 bits per heavy atom. The van der Waals surface area contributed by atoms with Crippen LogP contribution < -0.4 is 0 Å². The molecule has 0 N–H and O–H groups in total. The summed E-state index contributed by atoms with van der Waals surface area (Å²) in [5, 5.41) is 0. The molecule has 0 aliphatic heterocycles. The zero-order valence-corrected chi connectivity index (χ0v) is 16.8. The van der Waals surface area contributed by atoms with Crippen molar-refractivity contribution in [3.8, 4) is 0 Å². The van der Waals surface area contributed by atoms with Crippen molar-refractivity contribution >= 4 is 33.8 Å². The lowest BCUT2D eigenvalue weighted by Crippen LogP contribution is -2.32. The first-order chi connectivity index (χ1) is 9.45. The van der Waals surface area contributed by atoms with Gasteiger partial charge in [-0.15, -0.1) is 0 Å². The summed E-state index contributed by atoms with van der Waals surface area (Å²) in [5.74, 6) is -0.363. The lowest BCUT2D eigenvalue weighted by atomic mass is 10.5. The van der Waals surface area contributed by atoms with Crippen LogP contribution in [0, 0.1) is 0 Å². The Balaban J connectivity index is 3.62. The molecule has 0 aromatic carbocycles. The number of rotatable bonds is 12. The Morgan fingerprint density at radius 1 is 1.25 bits per heavy atom. The van der Waals surface area contributed by atoms with E-state index >= 15 is 0 Å². The summed E-state index contributed by atoms with van der Waals surface area (Å²) in [4.78, 5) is 10.8. The van der Waals surface area contributed by atoms with Gasteiger partial charge in [0.25, 0.3) is 0 Å². The van der Waals surface area contributed by atoms with Crippen molar-refractivity contribution in [1.82, 2.24) is 0 Å². The molecule has 8 heteroatoms. The normalized spacial score (nSPS) is 11.9. The quantitative estimate of drug-likeness (QED) is 0.175. The predicted molar refractivity (Wildman–Crippen MR) is 88.8 cm³/mol. The van der Waals surface area contributed by atoms with E-state index in [1.165, 1.54) is 6.08 Å². The van der Waals surface area contributed by atoms with E-state index in [1.54, 1.807) is 0 Å². The Hall–Kier alpha value is -0.259. The van der Waals surface area contributed by atoms with Crippen LogP contribution in [-0.2, 0) is 22.8 Å². The maximum Gasteiger partial charge on any atom is 0.330 e. The van der Waals surface area contributed by atoms with E-state index in [4.69, 9.17) is 18.0 Å². The Kier molecular flexibility index (Phi) is 12.3. The van der Waals surface area contributed by atoms with Gasteiger partial charge in [0.1, 0.15) is 0 Å². The van der Waals surface area contributed by atoms with E-state index in [0.717, 1.165) is 12.5 Å². The lowest BCUT2D eigenvalue weighted by molar-refractivity contribution is -0.137. The summed E-state index contributed by atoms with van der Waals surface area (Å²) >= 11 is 0. The van der Waals surface area contributed by atoms with Crippen molar-refractivity contribution in [1.29, 1.82) is 0 Å². The second-order valence-electron chi connectivity index (χ2n) is 4.95. The number of carbonyl (C=O) groups is 1.